The van der Waals surface area contributed by atoms with Crippen LogP contribution in [0.2, 0.25) is 0 Å². The summed E-state index contributed by atoms with van der Waals surface area (Å²) in [6.45, 7) is 7.10. The molecule has 20 heavy (non-hydrogen) atoms. The van der Waals surface area contributed by atoms with Crippen LogP contribution >= 0.6 is 0 Å². The Morgan fingerprint density at radius 1 is 1.30 bits per heavy atom. The van der Waals surface area contributed by atoms with Crippen molar-refractivity contribution in [3.63, 3.8) is 0 Å². The van der Waals surface area contributed by atoms with Gasteiger partial charge in [-0.3, -0.25) is 4.79 Å². The molecule has 1 saturated heterocycles. The maximum Gasteiger partial charge on any atom is 0.232 e. The molecule has 0 aromatic heterocycles. The average Bonchev–Trinajstić information content (AvgIpc) is 2.46. The Hall–Kier alpha value is -1.51. The van der Waals surface area contributed by atoms with Crippen LogP contribution in [0.25, 0.3) is 0 Å². The van der Waals surface area contributed by atoms with Crippen molar-refractivity contribution in [2.24, 2.45) is 0 Å². The van der Waals surface area contributed by atoms with Gasteiger partial charge in [-0.2, -0.15) is 0 Å². The number of carbonyl (C=O) groups excluding carboxylic acids is 1. The third-order valence-electron chi connectivity index (χ3n) is 4.53. The maximum atomic E-state index is 13.0. The summed E-state index contributed by atoms with van der Waals surface area (Å²) < 4.78 is 0. The Bertz CT molecular complexity index is 464. The zero-order valence-corrected chi connectivity index (χ0v) is 12.9. The fourth-order valence-corrected chi connectivity index (χ4v) is 3.07. The van der Waals surface area contributed by atoms with Gasteiger partial charge in [-0.15, -0.1) is 0 Å². The average molecular weight is 274 g/mol. The van der Waals surface area contributed by atoms with Gasteiger partial charge in [-0.25, -0.2) is 0 Å². The first-order valence-corrected chi connectivity index (χ1v) is 7.64. The Morgan fingerprint density at radius 2 is 1.95 bits per heavy atom. The predicted octanol–water partition coefficient (Wildman–Crippen LogP) is 3.34. The summed E-state index contributed by atoms with van der Waals surface area (Å²) in [5, 5.41) is 0. The van der Waals surface area contributed by atoms with E-state index in [0.717, 1.165) is 37.1 Å². The lowest BCUT2D eigenvalue weighted by molar-refractivity contribution is -0.140. The number of benzene rings is 1. The van der Waals surface area contributed by atoms with Crippen LogP contribution in [-0.4, -0.2) is 23.4 Å². The lowest BCUT2D eigenvalue weighted by Crippen LogP contribution is -2.50. The number of nitrogens with two attached hydrogens (primary N) is 1. The standard InChI is InChI=1S/C17H26N2O/c1-4-15-7-5-6-12-19(15)16(20)17(2,3)13-8-10-14(18)11-9-13/h8-11,15H,4-7,12,18H2,1-3H3. The van der Waals surface area contributed by atoms with Gasteiger partial charge < -0.3 is 10.6 Å². The van der Waals surface area contributed by atoms with Crippen molar-refractivity contribution in [2.75, 3.05) is 12.3 Å². The van der Waals surface area contributed by atoms with Crippen LogP contribution in [0.3, 0.4) is 0 Å². The zero-order valence-electron chi connectivity index (χ0n) is 12.9. The minimum absolute atomic E-state index is 0.244. The largest absolute Gasteiger partial charge is 0.399 e. The molecule has 3 nitrogen and oxygen atoms in total. The van der Waals surface area contributed by atoms with Gasteiger partial charge in [0, 0.05) is 18.3 Å². The van der Waals surface area contributed by atoms with Gasteiger partial charge >= 0.3 is 0 Å². The molecule has 1 fully saturated rings. The molecular formula is C17H26N2O. The minimum atomic E-state index is -0.488. The van der Waals surface area contributed by atoms with Gasteiger partial charge in [0.2, 0.25) is 5.91 Å². The molecule has 1 amide bonds. The molecule has 1 aromatic rings. The first-order valence-electron chi connectivity index (χ1n) is 7.64. The molecule has 1 aliphatic rings. The summed E-state index contributed by atoms with van der Waals surface area (Å²) in [5.74, 6) is 0.244. The van der Waals surface area contributed by atoms with E-state index >= 15 is 0 Å². The molecule has 0 bridgehead atoms. The van der Waals surface area contributed by atoms with E-state index in [0.29, 0.717) is 6.04 Å². The summed E-state index contributed by atoms with van der Waals surface area (Å²) in [6.07, 6.45) is 4.55. The number of anilines is 1. The highest BCUT2D eigenvalue weighted by molar-refractivity contribution is 5.87. The summed E-state index contributed by atoms with van der Waals surface area (Å²) in [5.41, 5.74) is 7.03. The molecule has 0 aliphatic carbocycles. The van der Waals surface area contributed by atoms with Crippen LogP contribution < -0.4 is 5.73 Å². The lowest BCUT2D eigenvalue weighted by atomic mass is 9.82. The Labute approximate surface area is 122 Å². The Morgan fingerprint density at radius 3 is 2.55 bits per heavy atom. The number of likely N-dealkylation sites (tertiary alicyclic amines) is 1. The number of nitrogens with zero attached hydrogens (tertiary/aromatic N) is 1. The second-order valence-corrected chi connectivity index (χ2v) is 6.30. The topological polar surface area (TPSA) is 46.3 Å². The van der Waals surface area contributed by atoms with Gasteiger partial charge in [0.25, 0.3) is 0 Å². The zero-order chi connectivity index (χ0) is 14.8. The number of piperidine rings is 1. The van der Waals surface area contributed by atoms with E-state index < -0.39 is 5.41 Å². The molecule has 1 heterocycles. The van der Waals surface area contributed by atoms with Crippen molar-refractivity contribution in [1.82, 2.24) is 4.90 Å². The molecule has 1 unspecified atom stereocenters. The number of amides is 1. The Balaban J connectivity index is 2.23. The molecule has 110 valence electrons. The fourth-order valence-electron chi connectivity index (χ4n) is 3.07. The highest BCUT2D eigenvalue weighted by atomic mass is 16.2. The van der Waals surface area contributed by atoms with Crippen molar-refractivity contribution in [3.05, 3.63) is 29.8 Å². The smallest absolute Gasteiger partial charge is 0.232 e. The molecule has 2 rings (SSSR count). The van der Waals surface area contributed by atoms with E-state index in [1.165, 1.54) is 6.42 Å². The van der Waals surface area contributed by atoms with Crippen molar-refractivity contribution in [3.8, 4) is 0 Å². The van der Waals surface area contributed by atoms with Crippen LogP contribution in [-0.2, 0) is 10.2 Å². The molecule has 0 radical (unpaired) electrons. The van der Waals surface area contributed by atoms with Crippen LogP contribution in [0, 0.1) is 0 Å². The minimum Gasteiger partial charge on any atom is -0.399 e. The van der Waals surface area contributed by atoms with Crippen molar-refractivity contribution < 1.29 is 4.79 Å². The third kappa shape index (κ3) is 2.82. The van der Waals surface area contributed by atoms with Crippen molar-refractivity contribution >= 4 is 11.6 Å². The van der Waals surface area contributed by atoms with Gasteiger partial charge in [0.1, 0.15) is 0 Å². The lowest BCUT2D eigenvalue weighted by Gasteiger charge is -2.40. The van der Waals surface area contributed by atoms with E-state index in [1.54, 1.807) is 0 Å². The molecule has 1 atom stereocenters. The van der Waals surface area contributed by atoms with Crippen LogP contribution in [0.15, 0.2) is 24.3 Å². The van der Waals surface area contributed by atoms with E-state index in [9.17, 15) is 4.79 Å². The molecular weight excluding hydrogens is 248 g/mol. The SMILES string of the molecule is CCC1CCCCN1C(=O)C(C)(C)c1ccc(N)cc1. The summed E-state index contributed by atoms with van der Waals surface area (Å²) in [7, 11) is 0. The first-order chi connectivity index (χ1) is 9.46. The number of rotatable bonds is 3. The molecule has 1 aromatic carbocycles. The van der Waals surface area contributed by atoms with Gasteiger partial charge in [-0.1, -0.05) is 19.1 Å². The normalized spacial score (nSPS) is 19.9. The fraction of sp³-hybridized carbons (Fsp3) is 0.588. The molecule has 2 N–H and O–H groups in total. The summed E-state index contributed by atoms with van der Waals surface area (Å²) >= 11 is 0. The second-order valence-electron chi connectivity index (χ2n) is 6.30. The monoisotopic (exact) mass is 274 g/mol. The van der Waals surface area contributed by atoms with Crippen LogP contribution in [0.5, 0.6) is 0 Å². The molecule has 0 saturated carbocycles. The number of hydrogen-bond donors (Lipinski definition) is 1. The number of carbonyl (C=O) groups is 1. The molecule has 3 heteroatoms. The maximum absolute atomic E-state index is 13.0. The van der Waals surface area contributed by atoms with Gasteiger partial charge in [0.05, 0.1) is 5.41 Å². The highest BCUT2D eigenvalue weighted by Gasteiger charge is 2.37. The van der Waals surface area contributed by atoms with E-state index in [-0.39, 0.29) is 5.91 Å². The van der Waals surface area contributed by atoms with Crippen molar-refractivity contribution in [1.29, 1.82) is 0 Å². The van der Waals surface area contributed by atoms with E-state index in [4.69, 9.17) is 5.73 Å². The molecule has 1 aliphatic heterocycles. The highest BCUT2D eigenvalue weighted by Crippen LogP contribution is 2.30. The molecule has 0 spiro atoms. The van der Waals surface area contributed by atoms with E-state index in [2.05, 4.69) is 11.8 Å². The summed E-state index contributed by atoms with van der Waals surface area (Å²) in [6, 6.07) is 8.09. The predicted molar refractivity (Wildman–Crippen MR) is 83.5 cm³/mol. The quantitative estimate of drug-likeness (QED) is 0.859. The first kappa shape index (κ1) is 14.9. The number of hydrogen-bond acceptors (Lipinski definition) is 2. The summed E-state index contributed by atoms with van der Waals surface area (Å²) in [4.78, 5) is 15.1. The van der Waals surface area contributed by atoms with Crippen LogP contribution in [0.4, 0.5) is 5.69 Å². The van der Waals surface area contributed by atoms with Crippen LogP contribution in [0.1, 0.15) is 52.0 Å². The van der Waals surface area contributed by atoms with Crippen molar-refractivity contribution in [2.45, 2.75) is 57.9 Å². The third-order valence-corrected chi connectivity index (χ3v) is 4.53. The van der Waals surface area contributed by atoms with E-state index in [1.807, 2.05) is 38.1 Å². The van der Waals surface area contributed by atoms with Gasteiger partial charge in [-0.05, 0) is 57.2 Å². The number of nitrogen functional groups attached to an aromatic ring is 1. The Kier molecular flexibility index (Phi) is 4.36. The van der Waals surface area contributed by atoms with Gasteiger partial charge in [0.15, 0.2) is 0 Å². The second kappa shape index (κ2) is 5.86.